The lowest BCUT2D eigenvalue weighted by molar-refractivity contribution is -0.143. The Morgan fingerprint density at radius 2 is 1.76 bits per heavy atom. The van der Waals surface area contributed by atoms with Crippen molar-refractivity contribution in [1.29, 1.82) is 0 Å². The fraction of sp³-hybridized carbons (Fsp3) is 0.296. The summed E-state index contributed by atoms with van der Waals surface area (Å²) < 4.78 is 5.55. The molecule has 0 radical (unpaired) electrons. The summed E-state index contributed by atoms with van der Waals surface area (Å²) in [5.41, 5.74) is 0.876. The Bertz CT molecular complexity index is 1360. The average molecular weight is 503 g/mol. The van der Waals surface area contributed by atoms with Crippen LogP contribution in [0.5, 0.6) is 5.75 Å². The molecular formula is C27H30N6O4. The number of benzene rings is 2. The van der Waals surface area contributed by atoms with Gasteiger partial charge in [0.05, 0.1) is 0 Å². The van der Waals surface area contributed by atoms with E-state index in [0.717, 1.165) is 5.56 Å². The molecule has 37 heavy (non-hydrogen) atoms. The molecule has 1 atom stereocenters. The molecule has 10 nitrogen and oxygen atoms in total. The van der Waals surface area contributed by atoms with Crippen LogP contribution in [0, 0.1) is 6.92 Å². The van der Waals surface area contributed by atoms with Gasteiger partial charge in [0, 0.05) is 12.1 Å². The molecule has 2 aromatic heterocycles. The number of rotatable bonds is 8. The van der Waals surface area contributed by atoms with Gasteiger partial charge >= 0.3 is 0 Å². The normalized spacial score (nSPS) is 12.2. The molecule has 4 aromatic rings. The molecule has 0 spiro atoms. The SMILES string of the molecule is Cc1ccc(-c2nnn(CC(=O)N(Cc3ccccc3)[C@@H](C(=O)NC(C)(C)C)c3ccc(O)cc3)n2)o1. The number of amides is 2. The van der Waals surface area contributed by atoms with Crippen molar-refractivity contribution in [1.82, 2.24) is 30.4 Å². The second kappa shape index (κ2) is 10.7. The van der Waals surface area contributed by atoms with Gasteiger partial charge in [-0.2, -0.15) is 4.80 Å². The van der Waals surface area contributed by atoms with E-state index in [-0.39, 0.29) is 36.5 Å². The molecule has 0 aliphatic rings. The van der Waals surface area contributed by atoms with Crippen molar-refractivity contribution < 1.29 is 19.1 Å². The minimum absolute atomic E-state index is 0.0622. The van der Waals surface area contributed by atoms with Crippen LogP contribution in [0.1, 0.15) is 43.7 Å². The summed E-state index contributed by atoms with van der Waals surface area (Å²) in [6, 6.07) is 18.2. The number of hydrogen-bond donors (Lipinski definition) is 2. The number of carbonyl (C=O) groups excluding carboxylic acids is 2. The summed E-state index contributed by atoms with van der Waals surface area (Å²) in [5.74, 6) is 0.747. The van der Waals surface area contributed by atoms with Gasteiger partial charge in [0.15, 0.2) is 5.76 Å². The fourth-order valence-electron chi connectivity index (χ4n) is 3.85. The molecule has 192 valence electrons. The summed E-state index contributed by atoms with van der Waals surface area (Å²) in [6.07, 6.45) is 0. The van der Waals surface area contributed by atoms with E-state index >= 15 is 0 Å². The van der Waals surface area contributed by atoms with E-state index < -0.39 is 11.6 Å². The maximum absolute atomic E-state index is 13.8. The smallest absolute Gasteiger partial charge is 0.247 e. The highest BCUT2D eigenvalue weighted by atomic mass is 16.3. The van der Waals surface area contributed by atoms with E-state index in [0.29, 0.717) is 17.1 Å². The van der Waals surface area contributed by atoms with Gasteiger partial charge in [-0.05, 0) is 68.3 Å². The third-order valence-corrected chi connectivity index (χ3v) is 5.47. The van der Waals surface area contributed by atoms with Crippen LogP contribution in [0.4, 0.5) is 0 Å². The number of furan rings is 1. The van der Waals surface area contributed by atoms with E-state index in [1.165, 1.54) is 21.8 Å². The maximum Gasteiger partial charge on any atom is 0.247 e. The summed E-state index contributed by atoms with van der Waals surface area (Å²) >= 11 is 0. The Hall–Kier alpha value is -4.47. The van der Waals surface area contributed by atoms with Crippen molar-refractivity contribution in [2.24, 2.45) is 0 Å². The fourth-order valence-corrected chi connectivity index (χ4v) is 3.85. The van der Waals surface area contributed by atoms with Crippen LogP contribution in [0.25, 0.3) is 11.6 Å². The predicted molar refractivity (Wildman–Crippen MR) is 136 cm³/mol. The number of phenolic OH excluding ortho intramolecular Hbond substituents is 1. The maximum atomic E-state index is 13.8. The second-order valence-corrected chi connectivity index (χ2v) is 9.79. The van der Waals surface area contributed by atoms with Gasteiger partial charge in [-0.1, -0.05) is 42.5 Å². The lowest BCUT2D eigenvalue weighted by Gasteiger charge is -2.33. The lowest BCUT2D eigenvalue weighted by Crippen LogP contribution is -2.49. The first-order valence-corrected chi connectivity index (χ1v) is 11.9. The molecule has 0 bridgehead atoms. The number of aryl methyl sites for hydroxylation is 1. The number of hydrogen-bond acceptors (Lipinski definition) is 7. The number of nitrogens with one attached hydrogen (secondary N) is 1. The van der Waals surface area contributed by atoms with Gasteiger partial charge < -0.3 is 19.7 Å². The minimum Gasteiger partial charge on any atom is -0.508 e. The van der Waals surface area contributed by atoms with Crippen LogP contribution in [-0.4, -0.2) is 47.6 Å². The van der Waals surface area contributed by atoms with Crippen LogP contribution in [-0.2, 0) is 22.7 Å². The number of aromatic hydroxyl groups is 1. The highest BCUT2D eigenvalue weighted by molar-refractivity contribution is 5.89. The molecule has 0 aliphatic heterocycles. The summed E-state index contributed by atoms with van der Waals surface area (Å²) in [6.45, 7) is 7.36. The van der Waals surface area contributed by atoms with E-state index in [1.54, 1.807) is 24.3 Å². The van der Waals surface area contributed by atoms with Crippen LogP contribution in [0.2, 0.25) is 0 Å². The Morgan fingerprint density at radius 1 is 1.05 bits per heavy atom. The second-order valence-electron chi connectivity index (χ2n) is 9.79. The number of aromatic nitrogens is 4. The van der Waals surface area contributed by atoms with Crippen molar-refractivity contribution in [2.45, 2.75) is 52.4 Å². The van der Waals surface area contributed by atoms with Gasteiger partial charge in [-0.25, -0.2) is 0 Å². The highest BCUT2D eigenvalue weighted by Gasteiger charge is 2.34. The van der Waals surface area contributed by atoms with Crippen molar-refractivity contribution in [3.05, 3.63) is 83.6 Å². The van der Waals surface area contributed by atoms with Crippen LogP contribution >= 0.6 is 0 Å². The molecule has 2 aromatic carbocycles. The Labute approximate surface area is 214 Å². The first-order valence-electron chi connectivity index (χ1n) is 11.9. The van der Waals surface area contributed by atoms with E-state index in [2.05, 4.69) is 20.7 Å². The predicted octanol–water partition coefficient (Wildman–Crippen LogP) is 3.63. The summed E-state index contributed by atoms with van der Waals surface area (Å²) in [5, 5.41) is 25.1. The van der Waals surface area contributed by atoms with Crippen LogP contribution < -0.4 is 5.32 Å². The molecule has 2 N–H and O–H groups in total. The number of nitrogens with zero attached hydrogens (tertiary/aromatic N) is 5. The van der Waals surface area contributed by atoms with Crippen LogP contribution in [0.3, 0.4) is 0 Å². The largest absolute Gasteiger partial charge is 0.508 e. The summed E-state index contributed by atoms with van der Waals surface area (Å²) in [4.78, 5) is 30.0. The quantitative estimate of drug-likeness (QED) is 0.377. The van der Waals surface area contributed by atoms with E-state index in [4.69, 9.17) is 4.42 Å². The Kier molecular flexibility index (Phi) is 7.37. The molecule has 4 rings (SSSR count). The van der Waals surface area contributed by atoms with Gasteiger partial charge in [-0.15, -0.1) is 10.2 Å². The Balaban J connectivity index is 1.69. The topological polar surface area (TPSA) is 126 Å². The first kappa shape index (κ1) is 25.6. The summed E-state index contributed by atoms with van der Waals surface area (Å²) in [7, 11) is 0. The molecule has 2 heterocycles. The molecular weight excluding hydrogens is 472 g/mol. The van der Waals surface area contributed by atoms with Crippen molar-refractivity contribution in [2.75, 3.05) is 0 Å². The minimum atomic E-state index is -0.969. The van der Waals surface area contributed by atoms with E-state index in [9.17, 15) is 14.7 Å². The number of tetrazole rings is 1. The van der Waals surface area contributed by atoms with Crippen molar-refractivity contribution in [3.63, 3.8) is 0 Å². The molecule has 10 heteroatoms. The standard InChI is InChI=1S/C27H30N6O4/c1-18-10-15-22(37-18)25-29-31-33(30-25)17-23(35)32(16-19-8-6-5-7-9-19)24(26(36)28-27(2,3)4)20-11-13-21(34)14-12-20/h5-15,24,34H,16-17H2,1-4H3,(H,28,36)/t24-/m1/s1. The molecule has 0 unspecified atom stereocenters. The zero-order chi connectivity index (χ0) is 26.6. The first-order chi connectivity index (χ1) is 17.6. The van der Waals surface area contributed by atoms with Gasteiger partial charge in [0.1, 0.15) is 24.1 Å². The zero-order valence-corrected chi connectivity index (χ0v) is 21.3. The van der Waals surface area contributed by atoms with E-state index in [1.807, 2.05) is 58.0 Å². The molecule has 0 aliphatic carbocycles. The molecule has 0 fully saturated rings. The van der Waals surface area contributed by atoms with Crippen molar-refractivity contribution in [3.8, 4) is 17.3 Å². The third kappa shape index (κ3) is 6.60. The average Bonchev–Trinajstić information content (AvgIpc) is 3.48. The monoisotopic (exact) mass is 502 g/mol. The molecule has 2 amide bonds. The number of phenols is 1. The highest BCUT2D eigenvalue weighted by Crippen LogP contribution is 2.27. The third-order valence-electron chi connectivity index (χ3n) is 5.47. The van der Waals surface area contributed by atoms with Gasteiger partial charge in [0.25, 0.3) is 0 Å². The lowest BCUT2D eigenvalue weighted by atomic mass is 10.0. The van der Waals surface area contributed by atoms with Gasteiger partial charge in [0.2, 0.25) is 17.6 Å². The zero-order valence-electron chi connectivity index (χ0n) is 21.3. The number of carbonyl (C=O) groups is 2. The van der Waals surface area contributed by atoms with Crippen molar-refractivity contribution >= 4 is 11.8 Å². The van der Waals surface area contributed by atoms with Gasteiger partial charge in [-0.3, -0.25) is 9.59 Å². The Morgan fingerprint density at radius 3 is 2.38 bits per heavy atom. The molecule has 0 saturated heterocycles. The van der Waals surface area contributed by atoms with Crippen LogP contribution in [0.15, 0.2) is 71.1 Å². The molecule has 0 saturated carbocycles.